The first-order valence-corrected chi connectivity index (χ1v) is 5.91. The van der Waals surface area contributed by atoms with Gasteiger partial charge in [-0.1, -0.05) is 17.7 Å². The minimum atomic E-state index is -0.308. The minimum absolute atomic E-state index is 0.117. The summed E-state index contributed by atoms with van der Waals surface area (Å²) < 4.78 is 5.30. The van der Waals surface area contributed by atoms with E-state index in [9.17, 15) is 4.79 Å². The van der Waals surface area contributed by atoms with Gasteiger partial charge < -0.3 is 15.8 Å². The van der Waals surface area contributed by atoms with Crippen molar-refractivity contribution in [2.75, 3.05) is 17.7 Å². The average molecular weight is 278 g/mol. The Kier molecular flexibility index (Phi) is 4.20. The summed E-state index contributed by atoms with van der Waals surface area (Å²) in [5, 5.41) is 3.10. The van der Waals surface area contributed by atoms with Gasteiger partial charge in [-0.3, -0.25) is 4.79 Å². The molecule has 2 aromatic rings. The SMILES string of the molecule is Nc1cccc(OCC(=O)Nc2ccc(Cl)cn2)c1. The largest absolute Gasteiger partial charge is 0.484 e. The van der Waals surface area contributed by atoms with Gasteiger partial charge in [0.1, 0.15) is 11.6 Å². The molecule has 1 aromatic heterocycles. The monoisotopic (exact) mass is 277 g/mol. The summed E-state index contributed by atoms with van der Waals surface area (Å²) in [6.45, 7) is -0.117. The number of ether oxygens (including phenoxy) is 1. The molecule has 6 heteroatoms. The Morgan fingerprint density at radius 2 is 2.21 bits per heavy atom. The number of rotatable bonds is 4. The maximum Gasteiger partial charge on any atom is 0.263 e. The van der Waals surface area contributed by atoms with E-state index in [1.807, 2.05) is 0 Å². The molecule has 3 N–H and O–H groups in total. The number of hydrogen-bond donors (Lipinski definition) is 2. The van der Waals surface area contributed by atoms with E-state index in [2.05, 4.69) is 10.3 Å². The van der Waals surface area contributed by atoms with Gasteiger partial charge in [-0.05, 0) is 24.3 Å². The molecule has 5 nitrogen and oxygen atoms in total. The van der Waals surface area contributed by atoms with Crippen molar-refractivity contribution in [3.63, 3.8) is 0 Å². The minimum Gasteiger partial charge on any atom is -0.484 e. The number of nitrogens with one attached hydrogen (secondary N) is 1. The van der Waals surface area contributed by atoms with Crippen molar-refractivity contribution in [3.8, 4) is 5.75 Å². The number of anilines is 2. The first kappa shape index (κ1) is 13.2. The number of nitrogens with two attached hydrogens (primary N) is 1. The van der Waals surface area contributed by atoms with Crippen molar-refractivity contribution in [1.82, 2.24) is 4.98 Å². The summed E-state index contributed by atoms with van der Waals surface area (Å²) in [6, 6.07) is 10.1. The number of nitrogen functional groups attached to an aromatic ring is 1. The number of carbonyl (C=O) groups excluding carboxylic acids is 1. The first-order chi connectivity index (χ1) is 9.13. The number of halogens is 1. The van der Waals surface area contributed by atoms with Crippen LogP contribution in [0.3, 0.4) is 0 Å². The van der Waals surface area contributed by atoms with Crippen LogP contribution >= 0.6 is 11.6 Å². The third-order valence-electron chi connectivity index (χ3n) is 2.22. The highest BCUT2D eigenvalue weighted by Crippen LogP contribution is 2.14. The highest BCUT2D eigenvalue weighted by Gasteiger charge is 2.04. The van der Waals surface area contributed by atoms with Gasteiger partial charge in [-0.25, -0.2) is 4.98 Å². The van der Waals surface area contributed by atoms with Crippen LogP contribution in [0.2, 0.25) is 5.02 Å². The Morgan fingerprint density at radius 1 is 1.37 bits per heavy atom. The Balaban J connectivity index is 1.86. The molecular weight excluding hydrogens is 266 g/mol. The topological polar surface area (TPSA) is 77.2 Å². The van der Waals surface area contributed by atoms with Gasteiger partial charge in [0.25, 0.3) is 5.91 Å². The number of pyridine rings is 1. The van der Waals surface area contributed by atoms with Crippen molar-refractivity contribution in [2.24, 2.45) is 0 Å². The van der Waals surface area contributed by atoms with Crippen LogP contribution in [-0.2, 0) is 4.79 Å². The molecule has 0 saturated heterocycles. The highest BCUT2D eigenvalue weighted by atomic mass is 35.5. The molecule has 0 aliphatic rings. The van der Waals surface area contributed by atoms with Crippen LogP contribution in [0.1, 0.15) is 0 Å². The maximum absolute atomic E-state index is 11.6. The third kappa shape index (κ3) is 4.15. The van der Waals surface area contributed by atoms with Gasteiger partial charge in [0, 0.05) is 18.0 Å². The highest BCUT2D eigenvalue weighted by molar-refractivity contribution is 6.30. The summed E-state index contributed by atoms with van der Waals surface area (Å²) in [4.78, 5) is 15.6. The molecule has 1 amide bonds. The smallest absolute Gasteiger partial charge is 0.263 e. The summed E-state index contributed by atoms with van der Waals surface area (Å²) in [5.41, 5.74) is 6.18. The molecule has 0 aliphatic heterocycles. The van der Waals surface area contributed by atoms with Gasteiger partial charge in [0.2, 0.25) is 0 Å². The van der Waals surface area contributed by atoms with E-state index >= 15 is 0 Å². The molecule has 0 aliphatic carbocycles. The lowest BCUT2D eigenvalue weighted by Crippen LogP contribution is -2.20. The van der Waals surface area contributed by atoms with Crippen molar-refractivity contribution < 1.29 is 9.53 Å². The first-order valence-electron chi connectivity index (χ1n) is 5.53. The van der Waals surface area contributed by atoms with Crippen LogP contribution in [-0.4, -0.2) is 17.5 Å². The van der Waals surface area contributed by atoms with Crippen LogP contribution in [0.5, 0.6) is 5.75 Å². The van der Waals surface area contributed by atoms with E-state index in [1.165, 1.54) is 6.20 Å². The van der Waals surface area contributed by atoms with Crippen molar-refractivity contribution in [1.29, 1.82) is 0 Å². The standard InChI is InChI=1S/C13H12ClN3O2/c14-9-4-5-12(16-7-9)17-13(18)8-19-11-3-1-2-10(15)6-11/h1-7H,8,15H2,(H,16,17,18). The van der Waals surface area contributed by atoms with E-state index in [4.69, 9.17) is 22.1 Å². The zero-order chi connectivity index (χ0) is 13.7. The van der Waals surface area contributed by atoms with E-state index in [0.717, 1.165) is 0 Å². The molecule has 98 valence electrons. The Morgan fingerprint density at radius 3 is 2.89 bits per heavy atom. The molecule has 19 heavy (non-hydrogen) atoms. The van der Waals surface area contributed by atoms with Crippen LogP contribution in [0, 0.1) is 0 Å². The number of amides is 1. The average Bonchev–Trinajstić information content (AvgIpc) is 2.39. The van der Waals surface area contributed by atoms with E-state index in [-0.39, 0.29) is 12.5 Å². The number of benzene rings is 1. The quantitative estimate of drug-likeness (QED) is 0.841. The van der Waals surface area contributed by atoms with Gasteiger partial charge in [-0.15, -0.1) is 0 Å². The van der Waals surface area contributed by atoms with Gasteiger partial charge in [-0.2, -0.15) is 0 Å². The van der Waals surface area contributed by atoms with Crippen molar-refractivity contribution in [2.45, 2.75) is 0 Å². The summed E-state index contributed by atoms with van der Waals surface area (Å²) >= 11 is 5.69. The van der Waals surface area contributed by atoms with E-state index in [0.29, 0.717) is 22.3 Å². The van der Waals surface area contributed by atoms with Gasteiger partial charge >= 0.3 is 0 Å². The fourth-order valence-electron chi connectivity index (χ4n) is 1.38. The van der Waals surface area contributed by atoms with Crippen molar-refractivity contribution in [3.05, 3.63) is 47.6 Å². The Bertz CT molecular complexity index is 572. The molecule has 0 unspecified atom stereocenters. The van der Waals surface area contributed by atoms with Crippen LogP contribution in [0.25, 0.3) is 0 Å². The molecule has 1 aromatic carbocycles. The lowest BCUT2D eigenvalue weighted by Gasteiger charge is -2.07. The van der Waals surface area contributed by atoms with E-state index in [1.54, 1.807) is 36.4 Å². The normalized spacial score (nSPS) is 9.95. The lowest BCUT2D eigenvalue weighted by molar-refractivity contribution is -0.118. The number of carbonyl (C=O) groups is 1. The van der Waals surface area contributed by atoms with Gasteiger partial charge in [0.15, 0.2) is 6.61 Å². The molecule has 0 saturated carbocycles. The van der Waals surface area contributed by atoms with E-state index < -0.39 is 0 Å². The zero-order valence-corrected chi connectivity index (χ0v) is 10.7. The molecule has 0 atom stereocenters. The Hall–Kier alpha value is -2.27. The molecule has 0 radical (unpaired) electrons. The van der Waals surface area contributed by atoms with Crippen LogP contribution in [0.4, 0.5) is 11.5 Å². The van der Waals surface area contributed by atoms with Crippen LogP contribution < -0.4 is 15.8 Å². The second kappa shape index (κ2) is 6.06. The number of nitrogens with zero attached hydrogens (tertiary/aromatic N) is 1. The summed E-state index contributed by atoms with van der Waals surface area (Å²) in [5.74, 6) is 0.655. The second-order valence-corrected chi connectivity index (χ2v) is 4.21. The number of aromatic nitrogens is 1. The molecule has 2 rings (SSSR count). The fraction of sp³-hybridized carbons (Fsp3) is 0.0769. The number of hydrogen-bond acceptors (Lipinski definition) is 4. The summed E-state index contributed by atoms with van der Waals surface area (Å²) in [6.07, 6.45) is 1.45. The predicted octanol–water partition coefficient (Wildman–Crippen LogP) is 2.33. The zero-order valence-electron chi connectivity index (χ0n) is 9.97. The third-order valence-corrected chi connectivity index (χ3v) is 2.45. The lowest BCUT2D eigenvalue weighted by atomic mass is 10.3. The van der Waals surface area contributed by atoms with Crippen molar-refractivity contribution >= 4 is 29.0 Å². The molecular formula is C13H12ClN3O2. The second-order valence-electron chi connectivity index (χ2n) is 3.77. The van der Waals surface area contributed by atoms with Crippen LogP contribution in [0.15, 0.2) is 42.6 Å². The maximum atomic E-state index is 11.6. The molecule has 0 spiro atoms. The van der Waals surface area contributed by atoms with Gasteiger partial charge in [0.05, 0.1) is 5.02 Å². The predicted molar refractivity (Wildman–Crippen MR) is 74.2 cm³/mol. The summed E-state index contributed by atoms with van der Waals surface area (Å²) in [7, 11) is 0. The Labute approximate surface area is 115 Å². The molecule has 0 fully saturated rings. The fourth-order valence-corrected chi connectivity index (χ4v) is 1.49. The molecule has 1 heterocycles. The molecule has 0 bridgehead atoms.